The predicted molar refractivity (Wildman–Crippen MR) is 86.1 cm³/mol. The highest BCUT2D eigenvalue weighted by molar-refractivity contribution is 5.97. The van der Waals surface area contributed by atoms with Crippen molar-refractivity contribution in [3.63, 3.8) is 0 Å². The summed E-state index contributed by atoms with van der Waals surface area (Å²) >= 11 is 0. The van der Waals surface area contributed by atoms with Crippen LogP contribution in [0, 0.1) is 0 Å². The van der Waals surface area contributed by atoms with Crippen LogP contribution in [0.25, 0.3) is 0 Å². The Labute approximate surface area is 139 Å². The summed E-state index contributed by atoms with van der Waals surface area (Å²) in [6.07, 6.45) is 6.80. The molecule has 24 heavy (non-hydrogen) atoms. The quantitative estimate of drug-likeness (QED) is 0.670. The molecule has 1 amide bonds. The van der Waals surface area contributed by atoms with Gasteiger partial charge in [0.15, 0.2) is 0 Å². The molecule has 0 unspecified atom stereocenters. The van der Waals surface area contributed by atoms with Gasteiger partial charge in [-0.1, -0.05) is 19.3 Å². The summed E-state index contributed by atoms with van der Waals surface area (Å²) in [5.41, 5.74) is 5.58. The van der Waals surface area contributed by atoms with Gasteiger partial charge in [-0.15, -0.1) is 0 Å². The first kappa shape index (κ1) is 18.3. The highest BCUT2D eigenvalue weighted by Crippen LogP contribution is 2.23. The molecule has 0 spiro atoms. The molecule has 1 aliphatic rings. The molecule has 0 aliphatic heterocycles. The number of nitrogens with zero attached hydrogens (tertiary/aromatic N) is 2. The van der Waals surface area contributed by atoms with Crippen LogP contribution in [0.4, 0.5) is 20.5 Å². The highest BCUT2D eigenvalue weighted by Gasteiger charge is 2.19. The average molecular weight is 343 g/mol. The zero-order valence-corrected chi connectivity index (χ0v) is 13.6. The van der Waals surface area contributed by atoms with E-state index >= 15 is 0 Å². The summed E-state index contributed by atoms with van der Waals surface area (Å²) in [5.74, 6) is -0.0218. The average Bonchev–Trinajstić information content (AvgIpc) is 2.54. The zero-order valence-electron chi connectivity index (χ0n) is 13.6. The lowest BCUT2D eigenvalue weighted by atomic mass is 9.95. The second-order valence-electron chi connectivity index (χ2n) is 5.94. The van der Waals surface area contributed by atoms with Crippen LogP contribution in [0.1, 0.15) is 49.4 Å². The minimum Gasteiger partial charge on any atom is -0.367 e. The largest absolute Gasteiger partial charge is 0.367 e. The van der Waals surface area contributed by atoms with Crippen LogP contribution in [0.15, 0.2) is 6.20 Å². The molecule has 2 rings (SSSR count). The van der Waals surface area contributed by atoms with Gasteiger partial charge in [-0.3, -0.25) is 4.79 Å². The molecule has 7 nitrogen and oxygen atoms in total. The molecule has 0 radical (unpaired) electrons. The van der Waals surface area contributed by atoms with E-state index in [-0.39, 0.29) is 24.2 Å². The number of primary amides is 1. The van der Waals surface area contributed by atoms with Crippen LogP contribution in [-0.4, -0.2) is 41.2 Å². The van der Waals surface area contributed by atoms with Gasteiger partial charge in [-0.2, -0.15) is 13.8 Å². The first-order valence-electron chi connectivity index (χ1n) is 8.05. The number of hydrogen-bond acceptors (Lipinski definition) is 6. The van der Waals surface area contributed by atoms with Crippen molar-refractivity contribution in [1.82, 2.24) is 9.97 Å². The van der Waals surface area contributed by atoms with Crippen molar-refractivity contribution in [2.45, 2.75) is 57.7 Å². The molecule has 1 atom stereocenters. The van der Waals surface area contributed by atoms with E-state index in [4.69, 9.17) is 5.73 Å². The maximum absolute atomic E-state index is 12.1. The number of alkyl halides is 2. The predicted octanol–water partition coefficient (Wildman–Crippen LogP) is 2.36. The summed E-state index contributed by atoms with van der Waals surface area (Å²) < 4.78 is 28.4. The Morgan fingerprint density at radius 1 is 1.42 bits per heavy atom. The van der Waals surface area contributed by atoms with Crippen LogP contribution in [-0.2, 0) is 4.74 Å². The Morgan fingerprint density at radius 2 is 2.12 bits per heavy atom. The first-order chi connectivity index (χ1) is 11.5. The minimum absolute atomic E-state index is 0.190. The van der Waals surface area contributed by atoms with Crippen molar-refractivity contribution in [3.8, 4) is 0 Å². The molecule has 1 aromatic rings. The normalized spacial score (nSPS) is 16.8. The SMILES string of the molecule is C[C@@H](COC(F)F)Nc1ncc(C(N)=O)c(NC2CCCCC2)n1. The lowest BCUT2D eigenvalue weighted by Gasteiger charge is -2.24. The summed E-state index contributed by atoms with van der Waals surface area (Å²) in [6.45, 7) is -1.35. The molecular formula is C15H23F2N5O2. The molecule has 0 bridgehead atoms. The van der Waals surface area contributed by atoms with E-state index in [9.17, 15) is 13.6 Å². The van der Waals surface area contributed by atoms with Crippen LogP contribution >= 0.6 is 0 Å². The van der Waals surface area contributed by atoms with Gasteiger partial charge in [-0.25, -0.2) is 4.98 Å². The third-order valence-electron chi connectivity index (χ3n) is 3.85. The monoisotopic (exact) mass is 343 g/mol. The number of halogens is 2. The van der Waals surface area contributed by atoms with Crippen LogP contribution < -0.4 is 16.4 Å². The Hall–Kier alpha value is -2.03. The van der Waals surface area contributed by atoms with E-state index in [0.29, 0.717) is 5.82 Å². The van der Waals surface area contributed by atoms with Crippen LogP contribution in [0.3, 0.4) is 0 Å². The molecule has 1 fully saturated rings. The summed E-state index contributed by atoms with van der Waals surface area (Å²) in [5, 5.41) is 6.12. The Balaban J connectivity index is 2.07. The first-order valence-corrected chi connectivity index (χ1v) is 8.05. The molecule has 0 saturated heterocycles. The van der Waals surface area contributed by atoms with Crippen molar-refractivity contribution in [1.29, 1.82) is 0 Å². The van der Waals surface area contributed by atoms with E-state index in [1.54, 1.807) is 6.92 Å². The molecule has 9 heteroatoms. The van der Waals surface area contributed by atoms with Gasteiger partial charge in [0.2, 0.25) is 5.95 Å². The number of anilines is 2. The van der Waals surface area contributed by atoms with E-state index in [1.807, 2.05) is 0 Å². The molecule has 1 saturated carbocycles. The second kappa shape index (κ2) is 8.72. The third kappa shape index (κ3) is 5.55. The number of carbonyl (C=O) groups is 1. The molecule has 0 aromatic carbocycles. The van der Waals surface area contributed by atoms with Crippen molar-refractivity contribution in [2.24, 2.45) is 5.73 Å². The van der Waals surface area contributed by atoms with Crippen molar-refractivity contribution >= 4 is 17.7 Å². The Morgan fingerprint density at radius 3 is 2.75 bits per heavy atom. The van der Waals surface area contributed by atoms with Gasteiger partial charge in [0.1, 0.15) is 5.82 Å². The topological polar surface area (TPSA) is 102 Å². The van der Waals surface area contributed by atoms with Gasteiger partial charge in [-0.05, 0) is 19.8 Å². The van der Waals surface area contributed by atoms with Gasteiger partial charge in [0, 0.05) is 18.3 Å². The smallest absolute Gasteiger partial charge is 0.345 e. The Kier molecular flexibility index (Phi) is 6.65. The van der Waals surface area contributed by atoms with E-state index in [2.05, 4.69) is 25.3 Å². The number of rotatable bonds is 8. The fourth-order valence-corrected chi connectivity index (χ4v) is 2.66. The van der Waals surface area contributed by atoms with E-state index in [0.717, 1.165) is 25.7 Å². The van der Waals surface area contributed by atoms with E-state index in [1.165, 1.54) is 12.6 Å². The number of aromatic nitrogens is 2. The number of amides is 1. The fourth-order valence-electron chi connectivity index (χ4n) is 2.66. The highest BCUT2D eigenvalue weighted by atomic mass is 19.3. The summed E-state index contributed by atoms with van der Waals surface area (Å²) in [7, 11) is 0. The molecular weight excluding hydrogens is 320 g/mol. The van der Waals surface area contributed by atoms with Gasteiger partial charge in [0.05, 0.1) is 12.2 Å². The zero-order chi connectivity index (χ0) is 17.5. The number of nitrogens with one attached hydrogen (secondary N) is 2. The van der Waals surface area contributed by atoms with Crippen LogP contribution in [0.5, 0.6) is 0 Å². The van der Waals surface area contributed by atoms with Crippen molar-refractivity contribution in [3.05, 3.63) is 11.8 Å². The van der Waals surface area contributed by atoms with Gasteiger partial charge < -0.3 is 21.1 Å². The number of hydrogen-bond donors (Lipinski definition) is 3. The lowest BCUT2D eigenvalue weighted by molar-refractivity contribution is -0.130. The Bertz CT molecular complexity index is 553. The second-order valence-corrected chi connectivity index (χ2v) is 5.94. The van der Waals surface area contributed by atoms with E-state index < -0.39 is 18.6 Å². The van der Waals surface area contributed by atoms with Gasteiger partial charge >= 0.3 is 6.61 Å². The summed E-state index contributed by atoms with van der Waals surface area (Å²) in [6, 6.07) is -0.180. The lowest BCUT2D eigenvalue weighted by Crippen LogP contribution is -2.27. The third-order valence-corrected chi connectivity index (χ3v) is 3.85. The maximum Gasteiger partial charge on any atom is 0.345 e. The minimum atomic E-state index is -2.82. The molecule has 1 heterocycles. The molecule has 1 aliphatic carbocycles. The molecule has 1 aromatic heterocycles. The number of nitrogens with two attached hydrogens (primary N) is 1. The van der Waals surface area contributed by atoms with Crippen LogP contribution in [0.2, 0.25) is 0 Å². The molecule has 134 valence electrons. The fraction of sp³-hybridized carbons (Fsp3) is 0.667. The standard InChI is InChI=1S/C15H23F2N5O2/c1-9(8-24-14(16)17)20-15-19-7-11(12(18)23)13(22-15)21-10-5-3-2-4-6-10/h7,9-10,14H,2-6,8H2,1H3,(H2,18,23)(H2,19,20,21,22)/t9-/m0/s1. The number of carbonyl (C=O) groups excluding carboxylic acids is 1. The number of ether oxygens (including phenoxy) is 1. The molecule has 4 N–H and O–H groups in total. The van der Waals surface area contributed by atoms with Crippen molar-refractivity contribution < 1.29 is 18.3 Å². The summed E-state index contributed by atoms with van der Waals surface area (Å²) in [4.78, 5) is 19.8. The van der Waals surface area contributed by atoms with Crippen molar-refractivity contribution in [2.75, 3.05) is 17.2 Å². The maximum atomic E-state index is 12.1. The van der Waals surface area contributed by atoms with Gasteiger partial charge in [0.25, 0.3) is 5.91 Å².